The van der Waals surface area contributed by atoms with E-state index < -0.39 is 0 Å². The van der Waals surface area contributed by atoms with Crippen LogP contribution < -0.4 is 10.1 Å². The lowest BCUT2D eigenvalue weighted by atomic mass is 10.3. The van der Waals surface area contributed by atoms with Crippen molar-refractivity contribution in [3.63, 3.8) is 0 Å². The molecule has 0 spiro atoms. The summed E-state index contributed by atoms with van der Waals surface area (Å²) in [6, 6.07) is 3.31. The van der Waals surface area contributed by atoms with Gasteiger partial charge in [-0.05, 0) is 18.9 Å². The topological polar surface area (TPSA) is 64.1 Å². The lowest BCUT2D eigenvalue weighted by Crippen LogP contribution is -2.23. The zero-order valence-electron chi connectivity index (χ0n) is 11.5. The number of aryl methyl sites for hydroxylation is 1. The van der Waals surface area contributed by atoms with Gasteiger partial charge in [0.25, 0.3) is 5.91 Å². The molecule has 2 aromatic rings. The number of nitrogens with one attached hydrogen (secondary N) is 1. The second kappa shape index (κ2) is 7.00. The summed E-state index contributed by atoms with van der Waals surface area (Å²) < 4.78 is 5.07. The molecule has 6 heteroatoms. The zero-order chi connectivity index (χ0) is 14.4. The van der Waals surface area contributed by atoms with Crippen molar-refractivity contribution in [2.24, 2.45) is 0 Å². The molecule has 0 atom stereocenters. The van der Waals surface area contributed by atoms with E-state index in [0.717, 1.165) is 23.5 Å². The van der Waals surface area contributed by atoms with Crippen molar-refractivity contribution in [3.05, 3.63) is 40.1 Å². The summed E-state index contributed by atoms with van der Waals surface area (Å²) in [5.41, 5.74) is 1.23. The highest BCUT2D eigenvalue weighted by Crippen LogP contribution is 2.12. The fraction of sp³-hybridized carbons (Fsp3) is 0.357. The summed E-state index contributed by atoms with van der Waals surface area (Å²) in [6.45, 7) is 2.54. The van der Waals surface area contributed by atoms with E-state index in [-0.39, 0.29) is 5.91 Å². The first-order valence-corrected chi connectivity index (χ1v) is 7.32. The Bertz CT molecular complexity index is 583. The smallest absolute Gasteiger partial charge is 0.270 e. The van der Waals surface area contributed by atoms with Crippen molar-refractivity contribution in [2.45, 2.75) is 26.3 Å². The van der Waals surface area contributed by atoms with Crippen LogP contribution in [0.25, 0.3) is 0 Å². The third-order valence-electron chi connectivity index (χ3n) is 2.69. The van der Waals surface area contributed by atoms with E-state index in [4.69, 9.17) is 4.74 Å². The molecule has 20 heavy (non-hydrogen) atoms. The summed E-state index contributed by atoms with van der Waals surface area (Å²) in [4.78, 5) is 20.4. The number of ether oxygens (including phenoxy) is 1. The summed E-state index contributed by atoms with van der Waals surface area (Å²) in [6.07, 6.45) is 3.61. The molecule has 0 aliphatic carbocycles. The van der Waals surface area contributed by atoms with Crippen molar-refractivity contribution < 1.29 is 9.53 Å². The fourth-order valence-corrected chi connectivity index (χ4v) is 2.58. The van der Waals surface area contributed by atoms with Gasteiger partial charge in [-0.1, -0.05) is 6.92 Å². The highest BCUT2D eigenvalue weighted by Gasteiger charge is 2.09. The first kappa shape index (κ1) is 14.5. The number of thiazole rings is 1. The van der Waals surface area contributed by atoms with Gasteiger partial charge in [-0.15, -0.1) is 11.3 Å². The largest absolute Gasteiger partial charge is 0.497 e. The average molecular weight is 291 g/mol. The highest BCUT2D eigenvalue weighted by molar-refractivity contribution is 7.09. The van der Waals surface area contributed by atoms with E-state index in [0.29, 0.717) is 18.0 Å². The molecule has 0 saturated heterocycles. The van der Waals surface area contributed by atoms with Gasteiger partial charge in [0, 0.05) is 17.6 Å². The van der Waals surface area contributed by atoms with Crippen LogP contribution in [0.5, 0.6) is 5.75 Å². The third kappa shape index (κ3) is 3.77. The van der Waals surface area contributed by atoms with E-state index in [1.807, 2.05) is 5.38 Å². The SMILES string of the molecule is CCCc1nc(CNC(=O)c2cc(OC)ccn2)cs1. The predicted octanol–water partition coefficient (Wildman–Crippen LogP) is 2.43. The van der Waals surface area contributed by atoms with Crippen molar-refractivity contribution in [1.29, 1.82) is 0 Å². The third-order valence-corrected chi connectivity index (χ3v) is 3.65. The molecule has 0 radical (unpaired) electrons. The molecule has 0 aromatic carbocycles. The molecule has 0 aliphatic heterocycles. The summed E-state index contributed by atoms with van der Waals surface area (Å²) in [7, 11) is 1.56. The maximum atomic E-state index is 12.0. The number of pyridine rings is 1. The summed E-state index contributed by atoms with van der Waals surface area (Å²) >= 11 is 1.63. The number of amides is 1. The average Bonchev–Trinajstić information content (AvgIpc) is 2.93. The van der Waals surface area contributed by atoms with Crippen molar-refractivity contribution in [1.82, 2.24) is 15.3 Å². The van der Waals surface area contributed by atoms with E-state index in [1.54, 1.807) is 36.8 Å². The number of hydrogen-bond acceptors (Lipinski definition) is 5. The second-order valence-corrected chi connectivity index (χ2v) is 5.19. The molecule has 1 N–H and O–H groups in total. The monoisotopic (exact) mass is 291 g/mol. The molecule has 0 fully saturated rings. The minimum atomic E-state index is -0.228. The van der Waals surface area contributed by atoms with E-state index in [1.165, 1.54) is 0 Å². The molecule has 0 aliphatic rings. The fourth-order valence-electron chi connectivity index (χ4n) is 1.68. The van der Waals surface area contributed by atoms with Crippen LogP contribution in [0, 0.1) is 0 Å². The molecule has 2 aromatic heterocycles. The van der Waals surface area contributed by atoms with Crippen molar-refractivity contribution in [3.8, 4) is 5.75 Å². The van der Waals surface area contributed by atoms with Gasteiger partial charge in [0.2, 0.25) is 0 Å². The standard InChI is InChI=1S/C14H17N3O2S/c1-3-4-13-17-10(9-20-13)8-16-14(18)12-7-11(19-2)5-6-15-12/h5-7,9H,3-4,8H2,1-2H3,(H,16,18). The molecule has 2 rings (SSSR count). The number of nitrogens with zero attached hydrogens (tertiary/aromatic N) is 2. The minimum absolute atomic E-state index is 0.228. The first-order chi connectivity index (χ1) is 9.72. The zero-order valence-corrected chi connectivity index (χ0v) is 12.4. The molecule has 2 heterocycles. The van der Waals surface area contributed by atoms with Gasteiger partial charge in [0.05, 0.1) is 24.4 Å². The number of carbonyl (C=O) groups excluding carboxylic acids is 1. The Kier molecular flexibility index (Phi) is 5.06. The quantitative estimate of drug-likeness (QED) is 0.888. The number of carbonyl (C=O) groups is 1. The number of methoxy groups -OCH3 is 1. The Morgan fingerprint density at radius 2 is 2.35 bits per heavy atom. The molecule has 106 valence electrons. The Hall–Kier alpha value is -1.95. The van der Waals surface area contributed by atoms with E-state index in [2.05, 4.69) is 22.2 Å². The molecule has 1 amide bonds. The number of hydrogen-bond donors (Lipinski definition) is 1. The van der Waals surface area contributed by atoms with Crippen LogP contribution in [0.3, 0.4) is 0 Å². The van der Waals surface area contributed by atoms with E-state index in [9.17, 15) is 4.79 Å². The Morgan fingerprint density at radius 1 is 1.50 bits per heavy atom. The molecule has 0 bridgehead atoms. The van der Waals surface area contributed by atoms with Crippen LogP contribution in [-0.4, -0.2) is 23.0 Å². The normalized spacial score (nSPS) is 10.3. The van der Waals surface area contributed by atoms with Crippen LogP contribution >= 0.6 is 11.3 Å². The van der Waals surface area contributed by atoms with Gasteiger partial charge in [-0.3, -0.25) is 9.78 Å². The maximum absolute atomic E-state index is 12.0. The van der Waals surface area contributed by atoms with Gasteiger partial charge in [-0.25, -0.2) is 4.98 Å². The Morgan fingerprint density at radius 3 is 3.10 bits per heavy atom. The van der Waals surface area contributed by atoms with Crippen LogP contribution in [0.4, 0.5) is 0 Å². The van der Waals surface area contributed by atoms with Gasteiger partial charge in [0.1, 0.15) is 11.4 Å². The summed E-state index contributed by atoms with van der Waals surface area (Å²) in [5, 5.41) is 5.89. The first-order valence-electron chi connectivity index (χ1n) is 6.44. The van der Waals surface area contributed by atoms with Crippen molar-refractivity contribution >= 4 is 17.2 Å². The van der Waals surface area contributed by atoms with Gasteiger partial charge in [-0.2, -0.15) is 0 Å². The van der Waals surface area contributed by atoms with Crippen LogP contribution in [0.1, 0.15) is 34.5 Å². The van der Waals surface area contributed by atoms with Gasteiger partial charge in [0.15, 0.2) is 0 Å². The highest BCUT2D eigenvalue weighted by atomic mass is 32.1. The number of rotatable bonds is 6. The minimum Gasteiger partial charge on any atom is -0.497 e. The maximum Gasteiger partial charge on any atom is 0.270 e. The number of aromatic nitrogens is 2. The predicted molar refractivity (Wildman–Crippen MR) is 78.1 cm³/mol. The molecule has 0 unspecified atom stereocenters. The van der Waals surface area contributed by atoms with E-state index >= 15 is 0 Å². The molecule has 5 nitrogen and oxygen atoms in total. The Balaban J connectivity index is 1.93. The second-order valence-electron chi connectivity index (χ2n) is 4.25. The summed E-state index contributed by atoms with van der Waals surface area (Å²) in [5.74, 6) is 0.387. The lowest BCUT2D eigenvalue weighted by Gasteiger charge is -2.04. The van der Waals surface area contributed by atoms with Gasteiger partial charge >= 0.3 is 0 Å². The molecule has 0 saturated carbocycles. The van der Waals surface area contributed by atoms with Crippen LogP contribution in [0.2, 0.25) is 0 Å². The Labute approximate surface area is 122 Å². The molecular weight excluding hydrogens is 274 g/mol. The van der Waals surface area contributed by atoms with Crippen LogP contribution in [-0.2, 0) is 13.0 Å². The van der Waals surface area contributed by atoms with Crippen molar-refractivity contribution in [2.75, 3.05) is 7.11 Å². The van der Waals surface area contributed by atoms with Crippen LogP contribution in [0.15, 0.2) is 23.7 Å². The lowest BCUT2D eigenvalue weighted by molar-refractivity contribution is 0.0945. The molecular formula is C14H17N3O2S. The van der Waals surface area contributed by atoms with Gasteiger partial charge < -0.3 is 10.1 Å².